The molecule has 0 amide bonds. The average molecular weight is 529 g/mol. The fraction of sp³-hybridized carbons (Fsp3) is 0.200. The second-order valence-electron chi connectivity index (χ2n) is 9.04. The highest BCUT2D eigenvalue weighted by Gasteiger charge is 2.39. The van der Waals surface area contributed by atoms with Gasteiger partial charge in [0.25, 0.3) is 0 Å². The summed E-state index contributed by atoms with van der Waals surface area (Å²) in [5.74, 6) is -3.18. The maximum atomic E-state index is 14.0. The first-order chi connectivity index (χ1) is 18.7. The predicted molar refractivity (Wildman–Crippen MR) is 141 cm³/mol. The Bertz CT molecular complexity index is 1760. The minimum Gasteiger partial charge on any atom is -0.506 e. The van der Waals surface area contributed by atoms with Gasteiger partial charge in [0, 0.05) is 16.5 Å². The quantitative estimate of drug-likeness (QED) is 0.262. The standard InChI is InChI=1S/C30H24O9/c1-13-15-8-6-7-9-16(15)28(37-3)24-17(13)12-19-23(29(24)38-4)27(34)22-18(25(19)32)10-14(11-20(31)36-2)21(26(22)33)30(35)39-5/h6-10,12,33H,11H2,1-5H3. The summed E-state index contributed by atoms with van der Waals surface area (Å²) in [4.78, 5) is 52.6. The van der Waals surface area contributed by atoms with Gasteiger partial charge in [-0.2, -0.15) is 0 Å². The van der Waals surface area contributed by atoms with Gasteiger partial charge in [-0.15, -0.1) is 0 Å². The molecule has 9 heteroatoms. The Morgan fingerprint density at radius 3 is 2.05 bits per heavy atom. The molecule has 0 saturated heterocycles. The van der Waals surface area contributed by atoms with Crippen LogP contribution in [0.2, 0.25) is 0 Å². The number of carbonyl (C=O) groups excluding carboxylic acids is 4. The molecule has 0 spiro atoms. The molecule has 0 saturated carbocycles. The summed E-state index contributed by atoms with van der Waals surface area (Å²) in [7, 11) is 5.15. The van der Waals surface area contributed by atoms with Crippen LogP contribution in [-0.4, -0.2) is 57.1 Å². The number of hydrogen-bond donors (Lipinski definition) is 1. The minimum atomic E-state index is -0.977. The molecule has 0 aromatic heterocycles. The van der Waals surface area contributed by atoms with Crippen molar-refractivity contribution in [3.63, 3.8) is 0 Å². The van der Waals surface area contributed by atoms with Crippen molar-refractivity contribution >= 4 is 45.0 Å². The van der Waals surface area contributed by atoms with Gasteiger partial charge in [0.2, 0.25) is 5.78 Å². The van der Waals surface area contributed by atoms with Crippen LogP contribution in [0.4, 0.5) is 0 Å². The molecular weight excluding hydrogens is 504 g/mol. The van der Waals surface area contributed by atoms with E-state index in [2.05, 4.69) is 0 Å². The first-order valence-electron chi connectivity index (χ1n) is 11.9. The number of carbonyl (C=O) groups is 4. The van der Waals surface area contributed by atoms with Gasteiger partial charge in [-0.3, -0.25) is 14.4 Å². The molecule has 0 bridgehead atoms. The lowest BCUT2D eigenvalue weighted by atomic mass is 9.78. The third-order valence-corrected chi connectivity index (χ3v) is 7.17. The molecule has 1 aliphatic carbocycles. The number of methoxy groups -OCH3 is 4. The molecule has 1 aliphatic rings. The lowest BCUT2D eigenvalue weighted by Gasteiger charge is -2.25. The van der Waals surface area contributed by atoms with E-state index in [0.29, 0.717) is 16.5 Å². The number of ketones is 2. The van der Waals surface area contributed by atoms with Crippen LogP contribution in [0.25, 0.3) is 21.5 Å². The SMILES string of the molecule is COC(=O)Cc1cc2c(c(O)c1C(=O)OC)C(=O)c1c(cc3c(C)c4ccccc4c(OC)c3c1OC)C2=O. The maximum Gasteiger partial charge on any atom is 0.341 e. The number of aromatic hydroxyl groups is 1. The molecule has 4 aromatic carbocycles. The second-order valence-corrected chi connectivity index (χ2v) is 9.04. The van der Waals surface area contributed by atoms with Crippen molar-refractivity contribution in [2.45, 2.75) is 13.3 Å². The monoisotopic (exact) mass is 528 g/mol. The van der Waals surface area contributed by atoms with E-state index >= 15 is 0 Å². The Kier molecular flexibility index (Phi) is 6.22. The van der Waals surface area contributed by atoms with Crippen molar-refractivity contribution in [3.8, 4) is 17.2 Å². The summed E-state index contributed by atoms with van der Waals surface area (Å²) in [5, 5.41) is 14.0. The number of fused-ring (bicyclic) bond motifs is 4. The van der Waals surface area contributed by atoms with Crippen LogP contribution in [0.5, 0.6) is 17.2 Å². The van der Waals surface area contributed by atoms with Crippen LogP contribution in [0.3, 0.4) is 0 Å². The van der Waals surface area contributed by atoms with E-state index in [4.69, 9.17) is 18.9 Å². The van der Waals surface area contributed by atoms with Crippen LogP contribution >= 0.6 is 0 Å². The highest BCUT2D eigenvalue weighted by molar-refractivity contribution is 6.33. The third kappa shape index (κ3) is 3.61. The predicted octanol–water partition coefficient (Wildman–Crippen LogP) is 4.30. The van der Waals surface area contributed by atoms with Crippen LogP contribution in [0.1, 0.15) is 53.3 Å². The van der Waals surface area contributed by atoms with E-state index in [1.165, 1.54) is 27.4 Å². The van der Waals surface area contributed by atoms with Crippen LogP contribution < -0.4 is 9.47 Å². The molecule has 9 nitrogen and oxygen atoms in total. The fourth-order valence-electron chi connectivity index (χ4n) is 5.39. The normalized spacial score (nSPS) is 12.2. The van der Waals surface area contributed by atoms with E-state index < -0.39 is 41.2 Å². The molecule has 0 fully saturated rings. The summed E-state index contributed by atoms with van der Waals surface area (Å²) >= 11 is 0. The number of benzene rings is 4. The van der Waals surface area contributed by atoms with Gasteiger partial charge in [-0.25, -0.2) is 4.79 Å². The topological polar surface area (TPSA) is 125 Å². The van der Waals surface area contributed by atoms with E-state index in [9.17, 15) is 24.3 Å². The molecule has 0 aliphatic heterocycles. The maximum absolute atomic E-state index is 14.0. The first-order valence-corrected chi connectivity index (χ1v) is 11.9. The number of aryl methyl sites for hydroxylation is 1. The lowest BCUT2D eigenvalue weighted by molar-refractivity contribution is -0.139. The largest absolute Gasteiger partial charge is 0.506 e. The van der Waals surface area contributed by atoms with E-state index in [1.807, 2.05) is 31.2 Å². The Labute approximate surface area is 222 Å². The molecule has 4 aromatic rings. The summed E-state index contributed by atoms with van der Waals surface area (Å²) in [6.07, 6.45) is -0.431. The lowest BCUT2D eigenvalue weighted by Crippen LogP contribution is -2.25. The minimum absolute atomic E-state index is 0.00820. The van der Waals surface area contributed by atoms with Crippen molar-refractivity contribution in [2.75, 3.05) is 28.4 Å². The number of phenolic OH excluding ortho intramolecular Hbond substituents is 1. The highest BCUT2D eigenvalue weighted by atomic mass is 16.5. The van der Waals surface area contributed by atoms with Crippen LogP contribution in [-0.2, 0) is 20.7 Å². The zero-order chi connectivity index (χ0) is 28.2. The van der Waals surface area contributed by atoms with Crippen molar-refractivity contribution in [2.24, 2.45) is 0 Å². The molecule has 0 atom stereocenters. The third-order valence-electron chi connectivity index (χ3n) is 7.17. The molecule has 198 valence electrons. The fourth-order valence-corrected chi connectivity index (χ4v) is 5.39. The van der Waals surface area contributed by atoms with Gasteiger partial charge in [-0.05, 0) is 41.0 Å². The molecular formula is C30H24O9. The smallest absolute Gasteiger partial charge is 0.341 e. The summed E-state index contributed by atoms with van der Waals surface area (Å²) in [5.41, 5.74) is -0.0896. The Balaban J connectivity index is 1.90. The summed E-state index contributed by atoms with van der Waals surface area (Å²) < 4.78 is 21.0. The van der Waals surface area contributed by atoms with E-state index in [-0.39, 0.29) is 33.6 Å². The number of esters is 2. The van der Waals surface area contributed by atoms with Crippen molar-refractivity contribution < 1.29 is 43.2 Å². The Morgan fingerprint density at radius 2 is 1.44 bits per heavy atom. The second kappa shape index (κ2) is 9.43. The van der Waals surface area contributed by atoms with E-state index in [1.54, 1.807) is 6.07 Å². The first kappa shape index (κ1) is 25.7. The Hall–Kier alpha value is -4.92. The molecule has 39 heavy (non-hydrogen) atoms. The van der Waals surface area contributed by atoms with Crippen molar-refractivity contribution in [1.29, 1.82) is 0 Å². The van der Waals surface area contributed by atoms with Gasteiger partial charge in [0.1, 0.15) is 22.8 Å². The number of phenols is 1. The average Bonchev–Trinajstić information content (AvgIpc) is 2.94. The summed E-state index contributed by atoms with van der Waals surface area (Å²) in [6.45, 7) is 1.90. The number of ether oxygens (including phenoxy) is 4. The molecule has 5 rings (SSSR count). The van der Waals surface area contributed by atoms with Crippen molar-refractivity contribution in [3.05, 3.63) is 75.3 Å². The highest BCUT2D eigenvalue weighted by Crippen LogP contribution is 2.48. The molecule has 0 heterocycles. The van der Waals surface area contributed by atoms with Gasteiger partial charge < -0.3 is 24.1 Å². The zero-order valence-electron chi connectivity index (χ0n) is 21.9. The molecule has 0 radical (unpaired) electrons. The van der Waals surface area contributed by atoms with Crippen molar-refractivity contribution in [1.82, 2.24) is 0 Å². The van der Waals surface area contributed by atoms with Gasteiger partial charge in [0.05, 0.1) is 51.4 Å². The summed E-state index contributed by atoms with van der Waals surface area (Å²) in [6, 6.07) is 10.5. The van der Waals surface area contributed by atoms with E-state index in [0.717, 1.165) is 23.4 Å². The molecule has 0 unspecified atom stereocenters. The molecule has 1 N–H and O–H groups in total. The number of hydrogen-bond acceptors (Lipinski definition) is 9. The number of rotatable bonds is 5. The van der Waals surface area contributed by atoms with Gasteiger partial charge in [-0.1, -0.05) is 24.3 Å². The van der Waals surface area contributed by atoms with Gasteiger partial charge in [0.15, 0.2) is 5.78 Å². The van der Waals surface area contributed by atoms with Gasteiger partial charge >= 0.3 is 11.9 Å². The Morgan fingerprint density at radius 1 is 0.795 bits per heavy atom. The zero-order valence-corrected chi connectivity index (χ0v) is 21.9. The van der Waals surface area contributed by atoms with Crippen LogP contribution in [0, 0.1) is 6.92 Å². The van der Waals surface area contributed by atoms with Crippen LogP contribution in [0.15, 0.2) is 36.4 Å².